The molecule has 1 aliphatic rings. The van der Waals surface area contributed by atoms with E-state index in [1.807, 2.05) is 11.8 Å². The molecule has 0 saturated carbocycles. The maximum atomic E-state index is 11.9. The number of hydrogen-bond donors (Lipinski definition) is 0. The molecule has 0 bridgehead atoms. The summed E-state index contributed by atoms with van der Waals surface area (Å²) in [6.45, 7) is 9.61. The van der Waals surface area contributed by atoms with E-state index >= 15 is 0 Å². The Bertz CT molecular complexity index is 198. The fourth-order valence-electron chi connectivity index (χ4n) is 1.92. The van der Waals surface area contributed by atoms with Gasteiger partial charge in [0.1, 0.15) is 0 Å². The average Bonchev–Trinajstić information content (AvgIpc) is 2.65. The molecule has 15 heavy (non-hydrogen) atoms. The Hall–Kier alpha value is -0.570. The van der Waals surface area contributed by atoms with E-state index in [0.717, 1.165) is 32.7 Å². The Morgan fingerprint density at radius 2 is 2.27 bits per heavy atom. The second-order valence-corrected chi connectivity index (χ2v) is 4.76. The van der Waals surface area contributed by atoms with Gasteiger partial charge in [-0.05, 0) is 19.3 Å². The van der Waals surface area contributed by atoms with Crippen LogP contribution in [-0.2, 0) is 9.53 Å². The van der Waals surface area contributed by atoms with Crippen LogP contribution in [0.2, 0.25) is 0 Å². The minimum atomic E-state index is 0.291. The number of carbonyl (C=O) groups excluding carboxylic acids is 1. The van der Waals surface area contributed by atoms with Crippen LogP contribution in [-0.4, -0.2) is 37.1 Å². The lowest BCUT2D eigenvalue weighted by Gasteiger charge is -2.24. The van der Waals surface area contributed by atoms with E-state index in [2.05, 4.69) is 13.8 Å². The van der Waals surface area contributed by atoms with Gasteiger partial charge in [-0.15, -0.1) is 0 Å². The van der Waals surface area contributed by atoms with Crippen molar-refractivity contribution >= 4 is 5.91 Å². The Kier molecular flexibility index (Phi) is 5.09. The predicted molar refractivity (Wildman–Crippen MR) is 60.6 cm³/mol. The lowest BCUT2D eigenvalue weighted by atomic mass is 10.1. The molecule has 3 nitrogen and oxygen atoms in total. The van der Waals surface area contributed by atoms with Gasteiger partial charge < -0.3 is 9.64 Å². The zero-order chi connectivity index (χ0) is 11.3. The summed E-state index contributed by atoms with van der Waals surface area (Å²) < 4.78 is 5.33. The quantitative estimate of drug-likeness (QED) is 0.698. The van der Waals surface area contributed by atoms with Crippen molar-refractivity contribution in [2.75, 3.05) is 26.3 Å². The van der Waals surface area contributed by atoms with Crippen molar-refractivity contribution in [1.29, 1.82) is 0 Å². The molecule has 0 N–H and O–H groups in total. The number of carbonyl (C=O) groups is 1. The fourth-order valence-corrected chi connectivity index (χ4v) is 1.92. The third-order valence-corrected chi connectivity index (χ3v) is 2.82. The second kappa shape index (κ2) is 6.11. The molecule has 1 aliphatic heterocycles. The first-order chi connectivity index (χ1) is 7.13. The van der Waals surface area contributed by atoms with Crippen molar-refractivity contribution in [1.82, 2.24) is 4.90 Å². The fraction of sp³-hybridized carbons (Fsp3) is 0.917. The molecule has 0 aromatic heterocycles. The Balaban J connectivity index is 2.36. The van der Waals surface area contributed by atoms with Crippen molar-refractivity contribution in [3.63, 3.8) is 0 Å². The molecule has 1 heterocycles. The first-order valence-corrected chi connectivity index (χ1v) is 5.99. The molecular weight excluding hydrogens is 190 g/mol. The predicted octanol–water partition coefficient (Wildman–Crippen LogP) is 1.92. The van der Waals surface area contributed by atoms with Gasteiger partial charge in [-0.1, -0.05) is 13.8 Å². The molecule has 0 aromatic carbocycles. The topological polar surface area (TPSA) is 29.5 Å². The van der Waals surface area contributed by atoms with Crippen LogP contribution in [0.4, 0.5) is 0 Å². The van der Waals surface area contributed by atoms with Crippen molar-refractivity contribution in [3.05, 3.63) is 0 Å². The number of nitrogens with zero attached hydrogens (tertiary/aromatic N) is 1. The molecule has 1 atom stereocenters. The van der Waals surface area contributed by atoms with Gasteiger partial charge in [-0.3, -0.25) is 4.79 Å². The molecule has 1 saturated heterocycles. The lowest BCUT2D eigenvalue weighted by molar-refractivity contribution is -0.132. The van der Waals surface area contributed by atoms with Crippen LogP contribution in [0.25, 0.3) is 0 Å². The SMILES string of the molecule is CCN(C[C@@H]1CCOC1)C(=O)CC(C)C. The molecule has 1 amide bonds. The Morgan fingerprint density at radius 1 is 1.53 bits per heavy atom. The normalized spacial score (nSPS) is 20.9. The monoisotopic (exact) mass is 213 g/mol. The summed E-state index contributed by atoms with van der Waals surface area (Å²) in [5.41, 5.74) is 0. The zero-order valence-corrected chi connectivity index (χ0v) is 10.2. The summed E-state index contributed by atoms with van der Waals surface area (Å²) in [6, 6.07) is 0. The zero-order valence-electron chi connectivity index (χ0n) is 10.2. The van der Waals surface area contributed by atoms with E-state index in [1.54, 1.807) is 0 Å². The summed E-state index contributed by atoms with van der Waals surface area (Å²) >= 11 is 0. The van der Waals surface area contributed by atoms with Crippen LogP contribution in [0.5, 0.6) is 0 Å². The molecule has 3 heteroatoms. The molecule has 0 unspecified atom stereocenters. The van der Waals surface area contributed by atoms with Crippen LogP contribution in [0, 0.1) is 11.8 Å². The van der Waals surface area contributed by atoms with Gasteiger partial charge in [-0.2, -0.15) is 0 Å². The van der Waals surface area contributed by atoms with Crippen molar-refractivity contribution in [3.8, 4) is 0 Å². The Morgan fingerprint density at radius 3 is 2.73 bits per heavy atom. The van der Waals surface area contributed by atoms with Crippen LogP contribution in [0.15, 0.2) is 0 Å². The Labute approximate surface area is 92.8 Å². The molecule has 0 aliphatic carbocycles. The van der Waals surface area contributed by atoms with Crippen molar-refractivity contribution in [2.45, 2.75) is 33.6 Å². The largest absolute Gasteiger partial charge is 0.381 e. The first kappa shape index (κ1) is 12.5. The summed E-state index contributed by atoms with van der Waals surface area (Å²) in [6.07, 6.45) is 1.77. The second-order valence-electron chi connectivity index (χ2n) is 4.76. The van der Waals surface area contributed by atoms with Gasteiger partial charge in [0.05, 0.1) is 6.61 Å². The molecule has 0 radical (unpaired) electrons. The third-order valence-electron chi connectivity index (χ3n) is 2.82. The third kappa shape index (κ3) is 4.20. The smallest absolute Gasteiger partial charge is 0.222 e. The van der Waals surface area contributed by atoms with E-state index in [4.69, 9.17) is 4.74 Å². The van der Waals surface area contributed by atoms with Gasteiger partial charge >= 0.3 is 0 Å². The van der Waals surface area contributed by atoms with Gasteiger partial charge in [0, 0.05) is 32.0 Å². The number of rotatable bonds is 5. The molecule has 1 fully saturated rings. The van der Waals surface area contributed by atoms with Crippen LogP contribution in [0.3, 0.4) is 0 Å². The van der Waals surface area contributed by atoms with Gasteiger partial charge in [-0.25, -0.2) is 0 Å². The highest BCUT2D eigenvalue weighted by Gasteiger charge is 2.21. The highest BCUT2D eigenvalue weighted by Crippen LogP contribution is 2.15. The standard InChI is InChI=1S/C12H23NO2/c1-4-13(12(14)7-10(2)3)8-11-5-6-15-9-11/h10-11H,4-9H2,1-3H3/t11-/m0/s1. The summed E-state index contributed by atoms with van der Waals surface area (Å²) in [5, 5.41) is 0. The van der Waals surface area contributed by atoms with Crippen LogP contribution >= 0.6 is 0 Å². The summed E-state index contributed by atoms with van der Waals surface area (Å²) in [5.74, 6) is 1.30. The van der Waals surface area contributed by atoms with Crippen molar-refractivity contribution in [2.24, 2.45) is 11.8 Å². The van der Waals surface area contributed by atoms with E-state index in [0.29, 0.717) is 24.2 Å². The average molecular weight is 213 g/mol. The van der Waals surface area contributed by atoms with Crippen LogP contribution in [0.1, 0.15) is 33.6 Å². The molecular formula is C12H23NO2. The number of hydrogen-bond acceptors (Lipinski definition) is 2. The van der Waals surface area contributed by atoms with Gasteiger partial charge in [0.15, 0.2) is 0 Å². The van der Waals surface area contributed by atoms with Gasteiger partial charge in [0.2, 0.25) is 5.91 Å². The van der Waals surface area contributed by atoms with E-state index in [9.17, 15) is 4.79 Å². The number of amides is 1. The minimum Gasteiger partial charge on any atom is -0.381 e. The van der Waals surface area contributed by atoms with Gasteiger partial charge in [0.25, 0.3) is 0 Å². The highest BCUT2D eigenvalue weighted by atomic mass is 16.5. The first-order valence-electron chi connectivity index (χ1n) is 5.99. The van der Waals surface area contributed by atoms with Crippen molar-refractivity contribution < 1.29 is 9.53 Å². The molecule has 0 aromatic rings. The highest BCUT2D eigenvalue weighted by molar-refractivity contribution is 5.76. The molecule has 1 rings (SSSR count). The number of ether oxygens (including phenoxy) is 1. The van der Waals surface area contributed by atoms with Crippen LogP contribution < -0.4 is 0 Å². The maximum absolute atomic E-state index is 11.9. The minimum absolute atomic E-state index is 0.291. The lowest BCUT2D eigenvalue weighted by Crippen LogP contribution is -2.36. The summed E-state index contributed by atoms with van der Waals surface area (Å²) in [4.78, 5) is 13.8. The van der Waals surface area contributed by atoms with E-state index in [1.165, 1.54) is 0 Å². The van der Waals surface area contributed by atoms with E-state index in [-0.39, 0.29) is 0 Å². The molecule has 0 spiro atoms. The molecule has 88 valence electrons. The summed E-state index contributed by atoms with van der Waals surface area (Å²) in [7, 11) is 0. The maximum Gasteiger partial charge on any atom is 0.222 e. The van der Waals surface area contributed by atoms with E-state index < -0.39 is 0 Å².